The standard InChI is InChI=1S/C24H29NO7/c1-5-31-9-10-32-24(29)19-14(3)25-17-11-13(2)18(23(28)30-4)22(27)21(17)20(19)15-7-6-8-16(26)12-15/h6-8,12-13,18,20,25-26H,5,9-11H2,1-4H3/t13-,18+,20-/m1/s1. The first-order valence-electron chi connectivity index (χ1n) is 10.7. The van der Waals surface area contributed by atoms with Crippen LogP contribution in [0.15, 0.2) is 46.8 Å². The molecule has 0 saturated carbocycles. The van der Waals surface area contributed by atoms with Gasteiger partial charge in [-0.15, -0.1) is 0 Å². The number of benzene rings is 1. The summed E-state index contributed by atoms with van der Waals surface area (Å²) in [4.78, 5) is 39.0. The van der Waals surface area contributed by atoms with E-state index in [1.165, 1.54) is 19.2 Å². The Morgan fingerprint density at radius 1 is 1.25 bits per heavy atom. The lowest BCUT2D eigenvalue weighted by Gasteiger charge is -2.38. The van der Waals surface area contributed by atoms with Crippen molar-refractivity contribution in [1.82, 2.24) is 5.32 Å². The van der Waals surface area contributed by atoms with Gasteiger partial charge in [0.2, 0.25) is 0 Å². The van der Waals surface area contributed by atoms with Crippen molar-refractivity contribution in [3.8, 4) is 5.75 Å². The van der Waals surface area contributed by atoms with Crippen molar-refractivity contribution in [2.45, 2.75) is 33.1 Å². The van der Waals surface area contributed by atoms with Gasteiger partial charge >= 0.3 is 11.9 Å². The number of Topliss-reactive ketones (excluding diaryl/α,β-unsaturated/α-hetero) is 1. The molecule has 0 bridgehead atoms. The van der Waals surface area contributed by atoms with E-state index in [0.717, 1.165) is 0 Å². The average molecular weight is 443 g/mol. The van der Waals surface area contributed by atoms with Gasteiger partial charge in [0, 0.05) is 29.5 Å². The molecule has 1 aliphatic heterocycles. The van der Waals surface area contributed by atoms with Gasteiger partial charge in [-0.2, -0.15) is 0 Å². The molecule has 3 atom stereocenters. The third-order valence-corrected chi connectivity index (χ3v) is 5.83. The van der Waals surface area contributed by atoms with E-state index in [1.807, 2.05) is 13.8 Å². The number of phenols is 1. The first kappa shape index (κ1) is 23.5. The van der Waals surface area contributed by atoms with Crippen molar-refractivity contribution in [1.29, 1.82) is 0 Å². The van der Waals surface area contributed by atoms with Crippen LogP contribution in [0.5, 0.6) is 5.75 Å². The summed E-state index contributed by atoms with van der Waals surface area (Å²) in [5, 5.41) is 13.3. The summed E-state index contributed by atoms with van der Waals surface area (Å²) in [6.07, 6.45) is 0.445. The van der Waals surface area contributed by atoms with Crippen LogP contribution in [0.2, 0.25) is 0 Å². The molecule has 8 nitrogen and oxygen atoms in total. The summed E-state index contributed by atoms with van der Waals surface area (Å²) in [5.41, 5.74) is 2.37. The van der Waals surface area contributed by atoms with Gasteiger partial charge in [0.1, 0.15) is 18.3 Å². The Bertz CT molecular complexity index is 978. The molecule has 1 aromatic carbocycles. The highest BCUT2D eigenvalue weighted by atomic mass is 16.6. The van der Waals surface area contributed by atoms with Crippen molar-refractivity contribution >= 4 is 17.7 Å². The number of rotatable bonds is 7. The number of carbonyl (C=O) groups is 3. The number of allylic oxidation sites excluding steroid dienone is 3. The minimum Gasteiger partial charge on any atom is -0.508 e. The third-order valence-electron chi connectivity index (χ3n) is 5.83. The fraction of sp³-hybridized carbons (Fsp3) is 0.458. The van der Waals surface area contributed by atoms with Crippen LogP contribution in [0.4, 0.5) is 0 Å². The maximum absolute atomic E-state index is 13.6. The number of aromatic hydroxyl groups is 1. The average Bonchev–Trinajstić information content (AvgIpc) is 2.75. The summed E-state index contributed by atoms with van der Waals surface area (Å²) in [5.74, 6) is -3.59. The Labute approximate surface area is 187 Å². The fourth-order valence-electron chi connectivity index (χ4n) is 4.40. The summed E-state index contributed by atoms with van der Waals surface area (Å²) in [6.45, 7) is 6.25. The summed E-state index contributed by atoms with van der Waals surface area (Å²) >= 11 is 0. The zero-order valence-corrected chi connectivity index (χ0v) is 18.8. The van der Waals surface area contributed by atoms with E-state index in [1.54, 1.807) is 19.1 Å². The number of phenolic OH excluding ortho intramolecular Hbond substituents is 1. The van der Waals surface area contributed by atoms with Crippen LogP contribution in [0, 0.1) is 11.8 Å². The van der Waals surface area contributed by atoms with Crippen LogP contribution >= 0.6 is 0 Å². The number of nitrogens with one attached hydrogen (secondary N) is 1. The molecule has 0 saturated heterocycles. The zero-order chi connectivity index (χ0) is 23.4. The number of methoxy groups -OCH3 is 1. The molecule has 172 valence electrons. The smallest absolute Gasteiger partial charge is 0.336 e. The monoisotopic (exact) mass is 443 g/mol. The van der Waals surface area contributed by atoms with Crippen molar-refractivity contribution in [2.24, 2.45) is 11.8 Å². The highest BCUT2D eigenvalue weighted by Gasteiger charge is 2.47. The van der Waals surface area contributed by atoms with E-state index in [0.29, 0.717) is 35.6 Å². The van der Waals surface area contributed by atoms with E-state index < -0.39 is 29.6 Å². The molecular weight excluding hydrogens is 414 g/mol. The Morgan fingerprint density at radius 2 is 2.00 bits per heavy atom. The maximum atomic E-state index is 13.6. The van der Waals surface area contributed by atoms with Crippen LogP contribution in [-0.2, 0) is 28.6 Å². The Hall–Kier alpha value is -3.13. The van der Waals surface area contributed by atoms with Crippen molar-refractivity contribution in [3.05, 3.63) is 52.4 Å². The molecule has 1 heterocycles. The molecule has 0 unspecified atom stereocenters. The Kier molecular flexibility index (Phi) is 7.35. The number of dihydropyridines is 1. The second kappa shape index (κ2) is 9.99. The molecule has 3 rings (SSSR count). The maximum Gasteiger partial charge on any atom is 0.336 e. The summed E-state index contributed by atoms with van der Waals surface area (Å²) in [7, 11) is 1.25. The minimum atomic E-state index is -0.964. The van der Waals surface area contributed by atoms with Gasteiger partial charge in [-0.3, -0.25) is 9.59 Å². The number of ketones is 1. The fourth-order valence-corrected chi connectivity index (χ4v) is 4.40. The summed E-state index contributed by atoms with van der Waals surface area (Å²) in [6, 6.07) is 6.41. The van der Waals surface area contributed by atoms with E-state index in [2.05, 4.69) is 5.32 Å². The van der Waals surface area contributed by atoms with Crippen LogP contribution < -0.4 is 5.32 Å². The highest BCUT2D eigenvalue weighted by Crippen LogP contribution is 2.45. The zero-order valence-electron chi connectivity index (χ0n) is 18.8. The van der Waals surface area contributed by atoms with Gasteiger partial charge in [0.05, 0.1) is 19.3 Å². The molecule has 32 heavy (non-hydrogen) atoms. The van der Waals surface area contributed by atoms with Crippen LogP contribution in [0.1, 0.15) is 38.7 Å². The molecule has 0 fully saturated rings. The van der Waals surface area contributed by atoms with Gasteiger partial charge in [0.25, 0.3) is 0 Å². The number of carbonyl (C=O) groups excluding carboxylic acids is 3. The molecule has 0 amide bonds. The number of hydrogen-bond acceptors (Lipinski definition) is 8. The number of ether oxygens (including phenoxy) is 3. The van der Waals surface area contributed by atoms with Gasteiger partial charge in [-0.05, 0) is 43.9 Å². The number of hydrogen-bond donors (Lipinski definition) is 2. The second-order valence-electron chi connectivity index (χ2n) is 7.96. The molecule has 1 aromatic rings. The first-order valence-corrected chi connectivity index (χ1v) is 10.7. The van der Waals surface area contributed by atoms with E-state index in [9.17, 15) is 19.5 Å². The van der Waals surface area contributed by atoms with Gasteiger partial charge in [0.15, 0.2) is 5.78 Å². The third kappa shape index (κ3) is 4.55. The lowest BCUT2D eigenvalue weighted by atomic mass is 9.69. The predicted molar refractivity (Wildman–Crippen MR) is 115 cm³/mol. The summed E-state index contributed by atoms with van der Waals surface area (Å²) < 4.78 is 15.5. The van der Waals surface area contributed by atoms with E-state index in [-0.39, 0.29) is 30.5 Å². The van der Waals surface area contributed by atoms with Crippen molar-refractivity contribution in [3.63, 3.8) is 0 Å². The SMILES string of the molecule is CCOCCOC(=O)C1=C(C)NC2=C(C(=O)[C@@H](C(=O)OC)[C@H](C)C2)[C@@H]1c1cccc(O)c1. The molecule has 2 N–H and O–H groups in total. The molecular formula is C24H29NO7. The molecule has 2 aliphatic rings. The Balaban J connectivity index is 2.07. The second-order valence-corrected chi connectivity index (χ2v) is 7.96. The van der Waals surface area contributed by atoms with Crippen molar-refractivity contribution in [2.75, 3.05) is 26.9 Å². The molecule has 0 aromatic heterocycles. The minimum absolute atomic E-state index is 0.00560. The molecule has 0 radical (unpaired) electrons. The lowest BCUT2D eigenvalue weighted by molar-refractivity contribution is -0.151. The molecule has 1 aliphatic carbocycles. The van der Waals surface area contributed by atoms with Crippen LogP contribution in [0.3, 0.4) is 0 Å². The lowest BCUT2D eigenvalue weighted by Crippen LogP contribution is -2.43. The van der Waals surface area contributed by atoms with Crippen LogP contribution in [0.25, 0.3) is 0 Å². The van der Waals surface area contributed by atoms with E-state index in [4.69, 9.17) is 14.2 Å². The van der Waals surface area contributed by atoms with Crippen molar-refractivity contribution < 1.29 is 33.7 Å². The van der Waals surface area contributed by atoms with Crippen LogP contribution in [-0.4, -0.2) is 49.8 Å². The molecule has 8 heteroatoms. The first-order chi connectivity index (χ1) is 15.3. The predicted octanol–water partition coefficient (Wildman–Crippen LogP) is 2.58. The quantitative estimate of drug-likeness (QED) is 0.376. The largest absolute Gasteiger partial charge is 0.508 e. The molecule has 0 spiro atoms. The highest BCUT2D eigenvalue weighted by molar-refractivity contribution is 6.12. The Morgan fingerprint density at radius 3 is 2.66 bits per heavy atom. The van der Waals surface area contributed by atoms with E-state index >= 15 is 0 Å². The normalized spacial score (nSPS) is 22.9. The van der Waals surface area contributed by atoms with Gasteiger partial charge < -0.3 is 24.6 Å². The van der Waals surface area contributed by atoms with Gasteiger partial charge in [-0.25, -0.2) is 4.79 Å². The number of esters is 2. The topological polar surface area (TPSA) is 111 Å². The van der Waals surface area contributed by atoms with Gasteiger partial charge in [-0.1, -0.05) is 19.1 Å².